The van der Waals surface area contributed by atoms with Crippen molar-refractivity contribution in [3.63, 3.8) is 0 Å². The highest BCUT2D eigenvalue weighted by molar-refractivity contribution is 7.89. The molecule has 0 fully saturated rings. The van der Waals surface area contributed by atoms with Crippen molar-refractivity contribution in [3.05, 3.63) is 119 Å². The number of carbonyl (C=O) groups is 1. The van der Waals surface area contributed by atoms with Gasteiger partial charge in [-0.25, -0.2) is 13.1 Å². The standard InChI is InChI=1S/C30H28N2O3S/c1-20-11-13-22(14-12-20)29-21(2)7-6-10-28(29)30(33)31-25-16-15-23-17-26(19-24(23)18-25)32-36(34,35)27-8-4-3-5-9-27/h3-16,18,26,32H,17,19H2,1-2H3,(H,31,33)/t26-/m1/s1. The Labute approximate surface area is 212 Å². The lowest BCUT2D eigenvalue weighted by atomic mass is 9.94. The minimum absolute atomic E-state index is 0.173. The number of carbonyl (C=O) groups excluding carboxylic acids is 1. The summed E-state index contributed by atoms with van der Waals surface area (Å²) in [7, 11) is -3.58. The fraction of sp³-hybridized carbons (Fsp3) is 0.167. The topological polar surface area (TPSA) is 75.3 Å². The monoisotopic (exact) mass is 496 g/mol. The number of hydrogen-bond donors (Lipinski definition) is 2. The van der Waals surface area contributed by atoms with Gasteiger partial charge in [-0.3, -0.25) is 4.79 Å². The first kappa shape index (κ1) is 24.0. The van der Waals surface area contributed by atoms with Crippen LogP contribution in [0, 0.1) is 13.8 Å². The third kappa shape index (κ3) is 4.96. The molecule has 0 bridgehead atoms. The Morgan fingerprint density at radius 2 is 1.53 bits per heavy atom. The second-order valence-corrected chi connectivity index (χ2v) is 11.1. The van der Waals surface area contributed by atoms with E-state index in [-0.39, 0.29) is 16.8 Å². The number of sulfonamides is 1. The molecule has 1 amide bonds. The maximum Gasteiger partial charge on any atom is 0.256 e. The summed E-state index contributed by atoms with van der Waals surface area (Å²) in [6, 6.07) is 27.9. The van der Waals surface area contributed by atoms with Gasteiger partial charge in [0.1, 0.15) is 0 Å². The van der Waals surface area contributed by atoms with E-state index in [1.807, 2.05) is 74.5 Å². The zero-order valence-corrected chi connectivity index (χ0v) is 21.1. The van der Waals surface area contributed by atoms with Crippen LogP contribution in [0.2, 0.25) is 0 Å². The van der Waals surface area contributed by atoms with Crippen molar-refractivity contribution in [1.82, 2.24) is 4.72 Å². The lowest BCUT2D eigenvalue weighted by molar-refractivity contribution is 0.102. The number of benzene rings is 4. The second kappa shape index (κ2) is 9.72. The molecule has 4 aromatic rings. The number of amides is 1. The first-order chi connectivity index (χ1) is 17.3. The van der Waals surface area contributed by atoms with E-state index in [1.54, 1.807) is 30.3 Å². The number of nitrogens with one attached hydrogen (secondary N) is 2. The molecule has 4 aromatic carbocycles. The lowest BCUT2D eigenvalue weighted by Gasteiger charge is -2.14. The van der Waals surface area contributed by atoms with Crippen molar-refractivity contribution < 1.29 is 13.2 Å². The van der Waals surface area contributed by atoms with Gasteiger partial charge in [-0.15, -0.1) is 0 Å². The fourth-order valence-corrected chi connectivity index (χ4v) is 6.08. The first-order valence-corrected chi connectivity index (χ1v) is 13.5. The maximum atomic E-state index is 13.3. The fourth-order valence-electron chi connectivity index (χ4n) is 4.83. The summed E-state index contributed by atoms with van der Waals surface area (Å²) in [6.07, 6.45) is 1.19. The van der Waals surface area contributed by atoms with Crippen LogP contribution in [-0.2, 0) is 22.9 Å². The van der Waals surface area contributed by atoms with Crippen LogP contribution in [-0.4, -0.2) is 20.4 Å². The Balaban J connectivity index is 1.33. The minimum Gasteiger partial charge on any atom is -0.322 e. The van der Waals surface area contributed by atoms with Gasteiger partial charge in [0.15, 0.2) is 0 Å². The summed E-state index contributed by atoms with van der Waals surface area (Å²) >= 11 is 0. The quantitative estimate of drug-likeness (QED) is 0.361. The minimum atomic E-state index is -3.58. The third-order valence-corrected chi connectivity index (χ3v) is 8.17. The van der Waals surface area contributed by atoms with Gasteiger partial charge in [-0.1, -0.05) is 66.2 Å². The Morgan fingerprint density at radius 3 is 2.28 bits per heavy atom. The van der Waals surface area contributed by atoms with Gasteiger partial charge in [0, 0.05) is 17.3 Å². The van der Waals surface area contributed by atoms with E-state index in [9.17, 15) is 13.2 Å². The normalized spacial score (nSPS) is 14.9. The van der Waals surface area contributed by atoms with E-state index in [0.29, 0.717) is 24.1 Å². The molecular weight excluding hydrogens is 468 g/mol. The van der Waals surface area contributed by atoms with Crippen molar-refractivity contribution >= 4 is 21.6 Å². The summed E-state index contributed by atoms with van der Waals surface area (Å²) in [5.74, 6) is -0.173. The summed E-state index contributed by atoms with van der Waals surface area (Å²) in [5.41, 5.74) is 7.57. The van der Waals surface area contributed by atoms with E-state index in [0.717, 1.165) is 27.8 Å². The molecule has 5 nitrogen and oxygen atoms in total. The molecule has 1 aliphatic carbocycles. The molecular formula is C30H28N2O3S. The van der Waals surface area contributed by atoms with Crippen LogP contribution in [0.4, 0.5) is 5.69 Å². The highest BCUT2D eigenvalue weighted by Gasteiger charge is 2.27. The van der Waals surface area contributed by atoms with Gasteiger partial charge in [-0.2, -0.15) is 0 Å². The van der Waals surface area contributed by atoms with Crippen molar-refractivity contribution in [2.24, 2.45) is 0 Å². The number of aryl methyl sites for hydroxylation is 2. The SMILES string of the molecule is Cc1ccc(-c2c(C)cccc2C(=O)Nc2ccc3c(c2)C[C@H](NS(=O)(=O)c2ccccc2)C3)cc1. The summed E-state index contributed by atoms with van der Waals surface area (Å²) in [6.45, 7) is 4.05. The largest absolute Gasteiger partial charge is 0.322 e. The number of rotatable bonds is 6. The molecule has 1 atom stereocenters. The highest BCUT2D eigenvalue weighted by atomic mass is 32.2. The highest BCUT2D eigenvalue weighted by Crippen LogP contribution is 2.30. The Kier molecular flexibility index (Phi) is 6.48. The first-order valence-electron chi connectivity index (χ1n) is 12.0. The third-order valence-electron chi connectivity index (χ3n) is 6.63. The summed E-state index contributed by atoms with van der Waals surface area (Å²) < 4.78 is 28.3. The van der Waals surface area contributed by atoms with Crippen LogP contribution in [0.1, 0.15) is 32.6 Å². The van der Waals surface area contributed by atoms with Crippen molar-refractivity contribution in [2.45, 2.75) is 37.6 Å². The van der Waals surface area contributed by atoms with Crippen LogP contribution < -0.4 is 10.0 Å². The Bertz CT molecular complexity index is 1530. The molecule has 6 heteroatoms. The Hall–Kier alpha value is -3.74. The molecule has 0 heterocycles. The van der Waals surface area contributed by atoms with E-state index in [2.05, 4.69) is 10.0 Å². The molecule has 0 unspecified atom stereocenters. The average molecular weight is 497 g/mol. The predicted molar refractivity (Wildman–Crippen MR) is 144 cm³/mol. The van der Waals surface area contributed by atoms with Crippen molar-refractivity contribution in [1.29, 1.82) is 0 Å². The zero-order valence-electron chi connectivity index (χ0n) is 20.3. The molecule has 5 rings (SSSR count). The second-order valence-electron chi connectivity index (χ2n) is 9.34. The molecule has 36 heavy (non-hydrogen) atoms. The van der Waals surface area contributed by atoms with Crippen molar-refractivity contribution in [2.75, 3.05) is 5.32 Å². The summed E-state index contributed by atoms with van der Waals surface area (Å²) in [5, 5.41) is 3.05. The molecule has 1 aliphatic rings. The van der Waals surface area contributed by atoms with Crippen molar-refractivity contribution in [3.8, 4) is 11.1 Å². The van der Waals surface area contributed by atoms with Gasteiger partial charge in [-0.05, 0) is 84.8 Å². The van der Waals surface area contributed by atoms with Gasteiger partial charge >= 0.3 is 0 Å². The van der Waals surface area contributed by atoms with Crippen LogP contribution in [0.25, 0.3) is 11.1 Å². The number of anilines is 1. The Morgan fingerprint density at radius 1 is 0.806 bits per heavy atom. The van der Waals surface area contributed by atoms with Crippen LogP contribution in [0.15, 0.2) is 95.9 Å². The molecule has 2 N–H and O–H groups in total. The zero-order chi connectivity index (χ0) is 25.3. The number of fused-ring (bicyclic) bond motifs is 1. The molecule has 0 spiro atoms. The molecule has 0 saturated heterocycles. The van der Waals surface area contributed by atoms with E-state index < -0.39 is 10.0 Å². The van der Waals surface area contributed by atoms with Crippen LogP contribution >= 0.6 is 0 Å². The van der Waals surface area contributed by atoms with Gasteiger partial charge in [0.25, 0.3) is 5.91 Å². The summed E-state index contributed by atoms with van der Waals surface area (Å²) in [4.78, 5) is 13.6. The molecule has 0 saturated carbocycles. The predicted octanol–water partition coefficient (Wildman–Crippen LogP) is 5.67. The number of hydrogen-bond acceptors (Lipinski definition) is 3. The smallest absolute Gasteiger partial charge is 0.256 e. The van der Waals surface area contributed by atoms with Crippen LogP contribution in [0.5, 0.6) is 0 Å². The van der Waals surface area contributed by atoms with Gasteiger partial charge in [0.05, 0.1) is 4.90 Å². The van der Waals surface area contributed by atoms with E-state index in [4.69, 9.17) is 0 Å². The van der Waals surface area contributed by atoms with E-state index >= 15 is 0 Å². The van der Waals surface area contributed by atoms with Crippen LogP contribution in [0.3, 0.4) is 0 Å². The molecule has 0 radical (unpaired) electrons. The molecule has 182 valence electrons. The van der Waals surface area contributed by atoms with Gasteiger partial charge < -0.3 is 5.32 Å². The van der Waals surface area contributed by atoms with Gasteiger partial charge in [0.2, 0.25) is 10.0 Å². The lowest BCUT2D eigenvalue weighted by Crippen LogP contribution is -2.35. The average Bonchev–Trinajstić information content (AvgIpc) is 3.26. The van der Waals surface area contributed by atoms with E-state index in [1.165, 1.54) is 5.56 Å². The molecule has 0 aliphatic heterocycles. The maximum absolute atomic E-state index is 13.3. The molecule has 0 aromatic heterocycles.